The van der Waals surface area contributed by atoms with Crippen molar-refractivity contribution in [1.82, 2.24) is 0 Å². The Bertz CT molecular complexity index is 375. The van der Waals surface area contributed by atoms with Crippen molar-refractivity contribution in [3.63, 3.8) is 0 Å². The van der Waals surface area contributed by atoms with Crippen LogP contribution in [0.15, 0.2) is 40.6 Å². The molecule has 100 valence electrons. The van der Waals surface area contributed by atoms with Gasteiger partial charge in [0.15, 0.2) is 5.72 Å². The van der Waals surface area contributed by atoms with Crippen molar-refractivity contribution >= 4 is 0 Å². The summed E-state index contributed by atoms with van der Waals surface area (Å²) in [6.45, 7) is 8.35. The molecule has 0 bridgehead atoms. The van der Waals surface area contributed by atoms with Gasteiger partial charge in [-0.05, 0) is 25.3 Å². The van der Waals surface area contributed by atoms with Crippen LogP contribution in [-0.4, -0.2) is 12.8 Å². The number of ether oxygens (including phenoxy) is 1. The molecule has 0 aromatic heterocycles. The number of rotatable bonds is 6. The van der Waals surface area contributed by atoms with E-state index in [2.05, 4.69) is 36.2 Å². The topological polar surface area (TPSA) is 34.0 Å². The highest BCUT2D eigenvalue weighted by Crippen LogP contribution is 2.25. The Morgan fingerprint density at radius 3 is 2.28 bits per heavy atom. The Hall–Kier alpha value is -1.22. The van der Waals surface area contributed by atoms with E-state index < -0.39 is 5.72 Å². The van der Waals surface area contributed by atoms with E-state index in [1.165, 1.54) is 5.56 Å². The molecule has 0 aliphatic heterocycles. The highest BCUT2D eigenvalue weighted by molar-refractivity contribution is 5.17. The molecule has 1 aromatic carbocycles. The van der Waals surface area contributed by atoms with Gasteiger partial charge in [-0.3, -0.25) is 0 Å². The SMILES string of the molecule is COC(C)(CC(C)C)N=NC(C)c1ccccc1. The van der Waals surface area contributed by atoms with Gasteiger partial charge in [0.25, 0.3) is 0 Å². The van der Waals surface area contributed by atoms with Gasteiger partial charge in [-0.15, -0.1) is 0 Å². The van der Waals surface area contributed by atoms with E-state index in [1.807, 2.05) is 32.0 Å². The van der Waals surface area contributed by atoms with Crippen LogP contribution in [0.3, 0.4) is 0 Å². The second kappa shape index (κ2) is 6.64. The standard InChI is InChI=1S/C15H24N2O/c1-12(2)11-15(4,18-5)17-16-13(3)14-9-7-6-8-10-14/h6-10,12-13H,11H2,1-5H3. The smallest absolute Gasteiger partial charge is 0.175 e. The fourth-order valence-electron chi connectivity index (χ4n) is 1.93. The summed E-state index contributed by atoms with van der Waals surface area (Å²) in [4.78, 5) is 0. The van der Waals surface area contributed by atoms with Crippen molar-refractivity contribution in [1.29, 1.82) is 0 Å². The average Bonchev–Trinajstić information content (AvgIpc) is 2.36. The molecule has 1 aromatic rings. The van der Waals surface area contributed by atoms with Crippen LogP contribution in [-0.2, 0) is 4.74 Å². The number of azo groups is 1. The summed E-state index contributed by atoms with van der Waals surface area (Å²) in [5.41, 5.74) is 0.654. The van der Waals surface area contributed by atoms with Crippen LogP contribution >= 0.6 is 0 Å². The molecule has 18 heavy (non-hydrogen) atoms. The summed E-state index contributed by atoms with van der Waals surface area (Å²) < 4.78 is 5.47. The summed E-state index contributed by atoms with van der Waals surface area (Å²) in [7, 11) is 1.69. The van der Waals surface area contributed by atoms with E-state index in [-0.39, 0.29) is 6.04 Å². The van der Waals surface area contributed by atoms with Gasteiger partial charge in [0, 0.05) is 13.5 Å². The van der Waals surface area contributed by atoms with Gasteiger partial charge in [0.05, 0.1) is 6.04 Å². The minimum Gasteiger partial charge on any atom is -0.356 e. The van der Waals surface area contributed by atoms with Gasteiger partial charge in [0.2, 0.25) is 0 Å². The molecule has 0 radical (unpaired) electrons. The monoisotopic (exact) mass is 248 g/mol. The van der Waals surface area contributed by atoms with E-state index >= 15 is 0 Å². The Labute approximate surface area is 110 Å². The number of methoxy groups -OCH3 is 1. The largest absolute Gasteiger partial charge is 0.356 e. The lowest BCUT2D eigenvalue weighted by molar-refractivity contribution is -0.0102. The zero-order valence-electron chi connectivity index (χ0n) is 12.1. The Kier molecular flexibility index (Phi) is 5.48. The first kappa shape index (κ1) is 14.8. The molecule has 3 heteroatoms. The first-order valence-electron chi connectivity index (χ1n) is 6.49. The molecule has 1 rings (SSSR count). The summed E-state index contributed by atoms with van der Waals surface area (Å²) in [6.07, 6.45) is 0.870. The summed E-state index contributed by atoms with van der Waals surface area (Å²) in [5, 5.41) is 8.78. The van der Waals surface area contributed by atoms with Gasteiger partial charge < -0.3 is 4.74 Å². The quantitative estimate of drug-likeness (QED) is 0.677. The van der Waals surface area contributed by atoms with Crippen molar-refractivity contribution in [2.75, 3.05) is 7.11 Å². The van der Waals surface area contributed by atoms with E-state index in [1.54, 1.807) is 7.11 Å². The molecule has 0 aliphatic carbocycles. The van der Waals surface area contributed by atoms with E-state index in [0.717, 1.165) is 6.42 Å². The number of benzene rings is 1. The third-order valence-electron chi connectivity index (χ3n) is 2.95. The van der Waals surface area contributed by atoms with Crippen LogP contribution in [0.25, 0.3) is 0 Å². The fourth-order valence-corrected chi connectivity index (χ4v) is 1.93. The Balaban J connectivity index is 2.72. The Morgan fingerprint density at radius 2 is 1.78 bits per heavy atom. The molecule has 0 saturated carbocycles. The zero-order chi connectivity index (χ0) is 13.6. The molecular weight excluding hydrogens is 224 g/mol. The Morgan fingerprint density at radius 1 is 1.17 bits per heavy atom. The molecular formula is C15H24N2O. The third kappa shape index (κ3) is 4.57. The maximum absolute atomic E-state index is 5.47. The minimum absolute atomic E-state index is 0.0628. The summed E-state index contributed by atoms with van der Waals surface area (Å²) in [5.74, 6) is 0.529. The normalized spacial score (nSPS) is 17.0. The van der Waals surface area contributed by atoms with E-state index in [4.69, 9.17) is 4.74 Å². The lowest BCUT2D eigenvalue weighted by atomic mass is 10.0. The lowest BCUT2D eigenvalue weighted by Gasteiger charge is -2.24. The van der Waals surface area contributed by atoms with Crippen molar-refractivity contribution in [3.8, 4) is 0 Å². The molecule has 2 unspecified atom stereocenters. The highest BCUT2D eigenvalue weighted by atomic mass is 16.5. The lowest BCUT2D eigenvalue weighted by Crippen LogP contribution is -2.26. The molecule has 0 heterocycles. The molecule has 0 N–H and O–H groups in total. The van der Waals surface area contributed by atoms with Gasteiger partial charge in [0.1, 0.15) is 0 Å². The third-order valence-corrected chi connectivity index (χ3v) is 2.95. The minimum atomic E-state index is -0.517. The van der Waals surface area contributed by atoms with Crippen LogP contribution in [0.2, 0.25) is 0 Å². The van der Waals surface area contributed by atoms with Crippen LogP contribution in [0.1, 0.15) is 45.7 Å². The fraction of sp³-hybridized carbons (Fsp3) is 0.600. The number of hydrogen-bond acceptors (Lipinski definition) is 3. The van der Waals surface area contributed by atoms with Crippen LogP contribution in [0, 0.1) is 5.92 Å². The van der Waals surface area contributed by atoms with Crippen molar-refractivity contribution < 1.29 is 4.74 Å². The molecule has 0 aliphatic rings. The first-order chi connectivity index (χ1) is 8.47. The molecule has 0 spiro atoms. The van der Waals surface area contributed by atoms with Crippen LogP contribution in [0.5, 0.6) is 0 Å². The maximum Gasteiger partial charge on any atom is 0.175 e. The van der Waals surface area contributed by atoms with Gasteiger partial charge in [-0.1, -0.05) is 44.2 Å². The predicted octanol–water partition coefficient (Wildman–Crippen LogP) is 4.61. The molecule has 3 nitrogen and oxygen atoms in total. The molecule has 2 atom stereocenters. The highest BCUT2D eigenvalue weighted by Gasteiger charge is 2.24. The number of hydrogen-bond donors (Lipinski definition) is 0. The molecule has 0 saturated heterocycles. The van der Waals surface area contributed by atoms with Crippen molar-refractivity contribution in [3.05, 3.63) is 35.9 Å². The average molecular weight is 248 g/mol. The van der Waals surface area contributed by atoms with Gasteiger partial charge >= 0.3 is 0 Å². The van der Waals surface area contributed by atoms with E-state index in [0.29, 0.717) is 5.92 Å². The summed E-state index contributed by atoms with van der Waals surface area (Å²) >= 11 is 0. The predicted molar refractivity (Wildman–Crippen MR) is 74.6 cm³/mol. The number of nitrogens with zero attached hydrogens (tertiary/aromatic N) is 2. The van der Waals surface area contributed by atoms with Crippen molar-refractivity contribution in [2.24, 2.45) is 16.1 Å². The maximum atomic E-state index is 5.47. The van der Waals surface area contributed by atoms with Crippen LogP contribution in [0.4, 0.5) is 0 Å². The second-order valence-electron chi connectivity index (χ2n) is 5.28. The van der Waals surface area contributed by atoms with E-state index in [9.17, 15) is 0 Å². The zero-order valence-corrected chi connectivity index (χ0v) is 12.1. The molecule has 0 amide bonds. The van der Waals surface area contributed by atoms with Crippen molar-refractivity contribution in [2.45, 2.75) is 45.9 Å². The van der Waals surface area contributed by atoms with Crippen LogP contribution < -0.4 is 0 Å². The molecule has 0 fully saturated rings. The first-order valence-corrected chi connectivity index (χ1v) is 6.49. The summed E-state index contributed by atoms with van der Waals surface area (Å²) in [6, 6.07) is 10.2. The van der Waals surface area contributed by atoms with Gasteiger partial charge in [-0.2, -0.15) is 10.2 Å². The van der Waals surface area contributed by atoms with Gasteiger partial charge in [-0.25, -0.2) is 0 Å². The second-order valence-corrected chi connectivity index (χ2v) is 5.28.